The fraction of sp³-hybridized carbons (Fsp3) is 0.294. The van der Waals surface area contributed by atoms with Gasteiger partial charge in [-0.1, -0.05) is 0 Å². The number of nitrogens with zero attached hydrogens (tertiary/aromatic N) is 1. The number of halogens is 1. The highest BCUT2D eigenvalue weighted by Gasteiger charge is 2.17. The van der Waals surface area contributed by atoms with E-state index in [4.69, 9.17) is 4.74 Å². The van der Waals surface area contributed by atoms with Crippen LogP contribution in [-0.2, 0) is 10.0 Å². The third-order valence-corrected chi connectivity index (χ3v) is 6.02. The first-order valence-electron chi connectivity index (χ1n) is 7.71. The normalized spacial score (nSPS) is 14.7. The van der Waals surface area contributed by atoms with Gasteiger partial charge in [-0.05, 0) is 71.2 Å². The van der Waals surface area contributed by atoms with Crippen LogP contribution in [0.2, 0.25) is 0 Å². The highest BCUT2D eigenvalue weighted by molar-refractivity contribution is 9.10. The Bertz CT molecular complexity index is 816. The van der Waals surface area contributed by atoms with E-state index in [2.05, 4.69) is 25.6 Å². The summed E-state index contributed by atoms with van der Waals surface area (Å²) in [6, 6.07) is 12.2. The topological polar surface area (TPSA) is 58.6 Å². The largest absolute Gasteiger partial charge is 0.496 e. The van der Waals surface area contributed by atoms with Crippen LogP contribution in [0.5, 0.6) is 5.75 Å². The molecule has 1 saturated heterocycles. The Labute approximate surface area is 150 Å². The summed E-state index contributed by atoms with van der Waals surface area (Å²) >= 11 is 3.31. The van der Waals surface area contributed by atoms with Gasteiger partial charge in [0.25, 0.3) is 10.0 Å². The van der Waals surface area contributed by atoms with Gasteiger partial charge in [0.1, 0.15) is 5.75 Å². The lowest BCUT2D eigenvalue weighted by molar-refractivity contribution is 0.411. The van der Waals surface area contributed by atoms with Crippen LogP contribution in [0.4, 0.5) is 11.4 Å². The minimum absolute atomic E-state index is 0.179. The quantitative estimate of drug-likeness (QED) is 0.812. The van der Waals surface area contributed by atoms with Gasteiger partial charge in [-0.25, -0.2) is 8.42 Å². The molecular weight excluding hydrogens is 392 g/mol. The molecule has 24 heavy (non-hydrogen) atoms. The number of rotatable bonds is 5. The molecule has 7 heteroatoms. The van der Waals surface area contributed by atoms with E-state index in [9.17, 15) is 8.42 Å². The summed E-state index contributed by atoms with van der Waals surface area (Å²) < 4.78 is 33.4. The van der Waals surface area contributed by atoms with Crippen molar-refractivity contribution >= 4 is 37.3 Å². The Morgan fingerprint density at radius 1 is 1.08 bits per heavy atom. The van der Waals surface area contributed by atoms with E-state index in [1.54, 1.807) is 18.2 Å². The molecule has 3 rings (SSSR count). The maximum Gasteiger partial charge on any atom is 0.261 e. The molecule has 5 nitrogen and oxygen atoms in total. The number of sulfonamides is 1. The molecule has 0 radical (unpaired) electrons. The zero-order valence-corrected chi connectivity index (χ0v) is 15.7. The number of ether oxygens (including phenoxy) is 1. The summed E-state index contributed by atoms with van der Waals surface area (Å²) in [5.74, 6) is 0.587. The SMILES string of the molecule is COc1ccc(S(=O)(=O)Nc2ccc(N3CCCC3)cc2)cc1Br. The molecule has 0 spiro atoms. The van der Waals surface area contributed by atoms with Gasteiger partial charge < -0.3 is 9.64 Å². The lowest BCUT2D eigenvalue weighted by atomic mass is 10.2. The zero-order chi connectivity index (χ0) is 17.2. The maximum atomic E-state index is 12.5. The fourth-order valence-corrected chi connectivity index (χ4v) is 4.52. The Hall–Kier alpha value is -1.73. The summed E-state index contributed by atoms with van der Waals surface area (Å²) in [7, 11) is -2.11. The van der Waals surface area contributed by atoms with Gasteiger partial charge >= 0.3 is 0 Å². The maximum absolute atomic E-state index is 12.5. The van der Waals surface area contributed by atoms with Gasteiger partial charge in [0.15, 0.2) is 0 Å². The summed E-state index contributed by atoms with van der Waals surface area (Å²) in [5.41, 5.74) is 1.67. The van der Waals surface area contributed by atoms with Crippen LogP contribution in [0.25, 0.3) is 0 Å². The van der Waals surface area contributed by atoms with Crippen molar-refractivity contribution in [1.82, 2.24) is 0 Å². The van der Waals surface area contributed by atoms with E-state index < -0.39 is 10.0 Å². The van der Waals surface area contributed by atoms with Crippen molar-refractivity contribution in [3.63, 3.8) is 0 Å². The number of hydrogen-bond acceptors (Lipinski definition) is 4. The van der Waals surface area contributed by atoms with E-state index >= 15 is 0 Å². The van der Waals surface area contributed by atoms with Crippen molar-refractivity contribution in [1.29, 1.82) is 0 Å². The number of hydrogen-bond donors (Lipinski definition) is 1. The second-order valence-corrected chi connectivity index (χ2v) is 8.18. The minimum atomic E-state index is -3.64. The molecule has 0 aromatic heterocycles. The van der Waals surface area contributed by atoms with E-state index in [1.807, 2.05) is 12.1 Å². The summed E-state index contributed by atoms with van der Waals surface area (Å²) in [5, 5.41) is 0. The van der Waals surface area contributed by atoms with Crippen molar-refractivity contribution in [3.8, 4) is 5.75 Å². The second-order valence-electron chi connectivity index (χ2n) is 5.64. The molecule has 1 N–H and O–H groups in total. The molecule has 1 aliphatic rings. The van der Waals surface area contributed by atoms with Crippen LogP contribution in [0.1, 0.15) is 12.8 Å². The Kier molecular flexibility index (Phi) is 5.01. The van der Waals surface area contributed by atoms with Gasteiger partial charge in [-0.15, -0.1) is 0 Å². The average Bonchev–Trinajstić information content (AvgIpc) is 3.09. The first-order chi connectivity index (χ1) is 11.5. The highest BCUT2D eigenvalue weighted by atomic mass is 79.9. The molecule has 128 valence electrons. The van der Waals surface area contributed by atoms with Crippen LogP contribution in [0.15, 0.2) is 51.8 Å². The number of nitrogens with one attached hydrogen (secondary N) is 1. The standard InChI is InChI=1S/C17H19BrN2O3S/c1-23-17-9-8-15(12-16(17)18)24(21,22)19-13-4-6-14(7-5-13)20-10-2-3-11-20/h4-9,12,19H,2-3,10-11H2,1H3. The van der Waals surface area contributed by atoms with E-state index in [0.717, 1.165) is 18.8 Å². The fourth-order valence-electron chi connectivity index (χ4n) is 2.74. The third kappa shape index (κ3) is 3.67. The molecule has 2 aromatic carbocycles. The third-order valence-electron chi connectivity index (χ3n) is 4.02. The van der Waals surface area contributed by atoms with Gasteiger partial charge in [0.2, 0.25) is 0 Å². The monoisotopic (exact) mass is 410 g/mol. The Balaban J connectivity index is 1.77. The zero-order valence-electron chi connectivity index (χ0n) is 13.3. The highest BCUT2D eigenvalue weighted by Crippen LogP contribution is 2.29. The van der Waals surface area contributed by atoms with Crippen molar-refractivity contribution < 1.29 is 13.2 Å². The lowest BCUT2D eigenvalue weighted by Gasteiger charge is -2.18. The minimum Gasteiger partial charge on any atom is -0.496 e. The molecule has 0 aliphatic carbocycles. The summed E-state index contributed by atoms with van der Waals surface area (Å²) in [4.78, 5) is 2.48. The molecule has 1 heterocycles. The van der Waals surface area contributed by atoms with Crippen LogP contribution in [-0.4, -0.2) is 28.6 Å². The molecular formula is C17H19BrN2O3S. The molecule has 0 amide bonds. The van der Waals surface area contributed by atoms with Crippen molar-refractivity contribution in [2.45, 2.75) is 17.7 Å². The summed E-state index contributed by atoms with van der Waals surface area (Å²) in [6.45, 7) is 2.12. The number of methoxy groups -OCH3 is 1. The van der Waals surface area contributed by atoms with Crippen molar-refractivity contribution in [3.05, 3.63) is 46.9 Å². The lowest BCUT2D eigenvalue weighted by Crippen LogP contribution is -2.17. The molecule has 2 aromatic rings. The first-order valence-corrected chi connectivity index (χ1v) is 9.98. The number of benzene rings is 2. The van der Waals surface area contributed by atoms with Crippen LogP contribution in [0.3, 0.4) is 0 Å². The average molecular weight is 411 g/mol. The number of anilines is 2. The molecule has 0 unspecified atom stereocenters. The Morgan fingerprint density at radius 3 is 2.33 bits per heavy atom. The van der Waals surface area contributed by atoms with Gasteiger partial charge in [-0.3, -0.25) is 4.72 Å². The molecule has 1 fully saturated rings. The second kappa shape index (κ2) is 7.03. The first kappa shape index (κ1) is 17.1. The molecule has 0 saturated carbocycles. The summed E-state index contributed by atoms with van der Waals surface area (Å²) in [6.07, 6.45) is 2.42. The molecule has 0 bridgehead atoms. The molecule has 0 atom stereocenters. The molecule has 1 aliphatic heterocycles. The predicted molar refractivity (Wildman–Crippen MR) is 99.4 cm³/mol. The predicted octanol–water partition coefficient (Wildman–Crippen LogP) is 3.86. The van der Waals surface area contributed by atoms with Crippen LogP contribution >= 0.6 is 15.9 Å². The van der Waals surface area contributed by atoms with E-state index in [0.29, 0.717) is 15.9 Å². The van der Waals surface area contributed by atoms with Crippen molar-refractivity contribution in [2.24, 2.45) is 0 Å². The van der Waals surface area contributed by atoms with Gasteiger partial charge in [-0.2, -0.15) is 0 Å². The van der Waals surface area contributed by atoms with Crippen LogP contribution in [0, 0.1) is 0 Å². The van der Waals surface area contributed by atoms with E-state index in [1.165, 1.54) is 32.1 Å². The van der Waals surface area contributed by atoms with E-state index in [-0.39, 0.29) is 4.90 Å². The van der Waals surface area contributed by atoms with Crippen molar-refractivity contribution in [2.75, 3.05) is 29.8 Å². The Morgan fingerprint density at radius 2 is 1.75 bits per heavy atom. The smallest absolute Gasteiger partial charge is 0.261 e. The van der Waals surface area contributed by atoms with Gasteiger partial charge in [0.05, 0.1) is 16.5 Å². The van der Waals surface area contributed by atoms with Gasteiger partial charge in [0, 0.05) is 24.5 Å². The van der Waals surface area contributed by atoms with Crippen LogP contribution < -0.4 is 14.4 Å².